The van der Waals surface area contributed by atoms with E-state index in [1.54, 1.807) is 0 Å². The van der Waals surface area contributed by atoms with Gasteiger partial charge in [-0.15, -0.1) is 0 Å². The quantitative estimate of drug-likeness (QED) is 0.717. The van der Waals surface area contributed by atoms with Crippen LogP contribution >= 0.6 is 0 Å². The van der Waals surface area contributed by atoms with E-state index in [0.29, 0.717) is 12.2 Å². The third kappa shape index (κ3) is 2.09. The Kier molecular flexibility index (Phi) is 2.77. The van der Waals surface area contributed by atoms with E-state index in [1.807, 2.05) is 0 Å². The maximum atomic E-state index is 12.2. The number of hydrogen-bond acceptors (Lipinski definition) is 3. The lowest BCUT2D eigenvalue weighted by Gasteiger charge is -2.31. The first-order valence-electron chi connectivity index (χ1n) is 7.15. The molecule has 0 aromatic heterocycles. The van der Waals surface area contributed by atoms with Gasteiger partial charge in [0.1, 0.15) is 11.4 Å². The highest BCUT2D eigenvalue weighted by molar-refractivity contribution is 5.97. The number of nitrogens with one attached hydrogen (secondary N) is 1. The molecule has 100 valence electrons. The molecule has 1 atom stereocenters. The molecule has 1 unspecified atom stereocenters. The van der Waals surface area contributed by atoms with E-state index in [0.717, 1.165) is 56.5 Å². The first kappa shape index (κ1) is 12.2. The summed E-state index contributed by atoms with van der Waals surface area (Å²) < 4.78 is 6.30. The van der Waals surface area contributed by atoms with Crippen LogP contribution < -0.4 is 5.32 Å². The number of carbonyl (C=O) groups is 1. The summed E-state index contributed by atoms with van der Waals surface area (Å²) in [6.07, 6.45) is 5.75. The molecular formula is C15H23NO2. The smallest absolute Gasteiger partial charge is 0.162 e. The molecule has 0 radical (unpaired) electrons. The van der Waals surface area contributed by atoms with Crippen LogP contribution in [0.3, 0.4) is 0 Å². The molecule has 0 aromatic rings. The van der Waals surface area contributed by atoms with Gasteiger partial charge < -0.3 is 10.1 Å². The largest absolute Gasteiger partial charge is 0.491 e. The Morgan fingerprint density at radius 2 is 1.94 bits per heavy atom. The number of allylic oxidation sites excluding steroid dienone is 1. The molecule has 2 aliphatic heterocycles. The van der Waals surface area contributed by atoms with Crippen molar-refractivity contribution in [3.05, 3.63) is 11.3 Å². The van der Waals surface area contributed by atoms with Crippen LogP contribution in [0.1, 0.15) is 52.4 Å². The number of ether oxygens (including phenoxy) is 1. The lowest BCUT2D eigenvalue weighted by molar-refractivity contribution is -0.118. The number of Topliss-reactive ketones (excluding diaryl/α,β-unsaturated/α-hetero) is 1. The van der Waals surface area contributed by atoms with Crippen LogP contribution in [-0.4, -0.2) is 24.5 Å². The first-order chi connectivity index (χ1) is 8.50. The molecule has 3 aliphatic rings. The monoisotopic (exact) mass is 249 g/mol. The van der Waals surface area contributed by atoms with Crippen molar-refractivity contribution >= 4 is 5.78 Å². The molecule has 18 heavy (non-hydrogen) atoms. The number of hydrogen-bond donors (Lipinski definition) is 1. The standard InChI is InChI=1S/C15H23NO2/c1-14(2)9-12(17)11-8-15(18-13(11)10-14)4-3-6-16-7-5-15/h16H,3-10H2,1-2H3. The SMILES string of the molecule is CC1(C)CC(=O)C2=C(C1)OC1(CCCNCC1)C2. The van der Waals surface area contributed by atoms with Gasteiger partial charge in [0.05, 0.1) is 0 Å². The normalized spacial score (nSPS) is 35.3. The highest BCUT2D eigenvalue weighted by Gasteiger charge is 2.46. The van der Waals surface area contributed by atoms with Crippen LogP contribution in [0.5, 0.6) is 0 Å². The zero-order valence-electron chi connectivity index (χ0n) is 11.5. The van der Waals surface area contributed by atoms with Gasteiger partial charge in [-0.1, -0.05) is 13.8 Å². The van der Waals surface area contributed by atoms with E-state index in [9.17, 15) is 4.79 Å². The minimum absolute atomic E-state index is 0.0652. The summed E-state index contributed by atoms with van der Waals surface area (Å²) in [6, 6.07) is 0. The highest BCUT2D eigenvalue weighted by atomic mass is 16.5. The zero-order valence-corrected chi connectivity index (χ0v) is 11.5. The Bertz CT molecular complexity index is 401. The van der Waals surface area contributed by atoms with Gasteiger partial charge >= 0.3 is 0 Å². The van der Waals surface area contributed by atoms with Crippen LogP contribution in [0, 0.1) is 5.41 Å². The minimum atomic E-state index is -0.0652. The second kappa shape index (κ2) is 4.09. The molecule has 0 bridgehead atoms. The molecule has 1 aliphatic carbocycles. The van der Waals surface area contributed by atoms with Gasteiger partial charge in [-0.2, -0.15) is 0 Å². The lowest BCUT2D eigenvalue weighted by Crippen LogP contribution is -2.30. The Morgan fingerprint density at radius 1 is 1.11 bits per heavy atom. The molecule has 3 nitrogen and oxygen atoms in total. The second-order valence-corrected chi connectivity index (χ2v) is 6.91. The fourth-order valence-corrected chi connectivity index (χ4v) is 3.60. The third-order valence-electron chi connectivity index (χ3n) is 4.53. The highest BCUT2D eigenvalue weighted by Crippen LogP contribution is 2.48. The Hall–Kier alpha value is -0.830. The van der Waals surface area contributed by atoms with Crippen molar-refractivity contribution in [1.82, 2.24) is 5.32 Å². The van der Waals surface area contributed by atoms with Crippen molar-refractivity contribution in [2.45, 2.75) is 58.0 Å². The average Bonchev–Trinajstić information content (AvgIpc) is 2.46. The topological polar surface area (TPSA) is 38.3 Å². The van der Waals surface area contributed by atoms with Crippen LogP contribution in [0.4, 0.5) is 0 Å². The van der Waals surface area contributed by atoms with E-state index >= 15 is 0 Å². The fourth-order valence-electron chi connectivity index (χ4n) is 3.60. The Labute approximate surface area is 109 Å². The van der Waals surface area contributed by atoms with Crippen LogP contribution in [0.25, 0.3) is 0 Å². The van der Waals surface area contributed by atoms with E-state index in [2.05, 4.69) is 19.2 Å². The van der Waals surface area contributed by atoms with Crippen molar-refractivity contribution in [2.75, 3.05) is 13.1 Å². The molecule has 3 heteroatoms. The van der Waals surface area contributed by atoms with E-state index in [1.165, 1.54) is 0 Å². The maximum Gasteiger partial charge on any atom is 0.162 e. The molecule has 1 spiro atoms. The molecule has 0 aromatic carbocycles. The third-order valence-corrected chi connectivity index (χ3v) is 4.53. The van der Waals surface area contributed by atoms with Gasteiger partial charge in [-0.05, 0) is 37.8 Å². The lowest BCUT2D eigenvalue weighted by atomic mass is 9.75. The van der Waals surface area contributed by atoms with Crippen LogP contribution in [0.15, 0.2) is 11.3 Å². The molecule has 1 saturated heterocycles. The van der Waals surface area contributed by atoms with Gasteiger partial charge in [0.15, 0.2) is 5.78 Å². The summed E-state index contributed by atoms with van der Waals surface area (Å²) in [4.78, 5) is 12.2. The number of ketones is 1. The van der Waals surface area contributed by atoms with Crippen LogP contribution in [-0.2, 0) is 9.53 Å². The van der Waals surface area contributed by atoms with Gasteiger partial charge in [-0.3, -0.25) is 4.79 Å². The van der Waals surface area contributed by atoms with Crippen molar-refractivity contribution in [3.63, 3.8) is 0 Å². The van der Waals surface area contributed by atoms with Crippen molar-refractivity contribution in [3.8, 4) is 0 Å². The molecule has 0 saturated carbocycles. The fraction of sp³-hybridized carbons (Fsp3) is 0.800. The van der Waals surface area contributed by atoms with Crippen molar-refractivity contribution < 1.29 is 9.53 Å². The molecule has 1 fully saturated rings. The Balaban J connectivity index is 1.82. The predicted octanol–water partition coefficient (Wildman–Crippen LogP) is 2.56. The second-order valence-electron chi connectivity index (χ2n) is 6.91. The Morgan fingerprint density at radius 3 is 2.78 bits per heavy atom. The molecular weight excluding hydrogens is 226 g/mol. The zero-order chi connectivity index (χ0) is 12.8. The van der Waals surface area contributed by atoms with Gasteiger partial charge in [-0.25, -0.2) is 0 Å². The van der Waals surface area contributed by atoms with E-state index < -0.39 is 0 Å². The summed E-state index contributed by atoms with van der Waals surface area (Å²) in [5, 5.41) is 3.42. The van der Waals surface area contributed by atoms with E-state index in [4.69, 9.17) is 4.74 Å². The predicted molar refractivity (Wildman–Crippen MR) is 70.2 cm³/mol. The van der Waals surface area contributed by atoms with Crippen LogP contribution in [0.2, 0.25) is 0 Å². The average molecular weight is 249 g/mol. The van der Waals surface area contributed by atoms with Gasteiger partial charge in [0.2, 0.25) is 0 Å². The van der Waals surface area contributed by atoms with Crippen molar-refractivity contribution in [1.29, 1.82) is 0 Å². The van der Waals surface area contributed by atoms with Gasteiger partial charge in [0, 0.05) is 24.8 Å². The summed E-state index contributed by atoms with van der Waals surface area (Å²) in [5.41, 5.74) is 1.02. The molecule has 3 rings (SSSR count). The molecule has 0 amide bonds. The molecule has 2 heterocycles. The number of rotatable bonds is 0. The first-order valence-corrected chi connectivity index (χ1v) is 7.15. The summed E-state index contributed by atoms with van der Waals surface area (Å²) in [6.45, 7) is 6.42. The van der Waals surface area contributed by atoms with Crippen molar-refractivity contribution in [2.24, 2.45) is 5.41 Å². The summed E-state index contributed by atoms with van der Waals surface area (Å²) >= 11 is 0. The minimum Gasteiger partial charge on any atom is -0.491 e. The van der Waals surface area contributed by atoms with E-state index in [-0.39, 0.29) is 11.0 Å². The summed E-state index contributed by atoms with van der Waals surface area (Å²) in [5.74, 6) is 1.34. The van der Waals surface area contributed by atoms with Gasteiger partial charge in [0.25, 0.3) is 0 Å². The molecule has 1 N–H and O–H groups in total. The maximum absolute atomic E-state index is 12.2. The number of carbonyl (C=O) groups excluding carboxylic acids is 1. The summed E-state index contributed by atoms with van der Waals surface area (Å²) in [7, 11) is 0.